The van der Waals surface area contributed by atoms with Crippen molar-refractivity contribution in [1.82, 2.24) is 10.3 Å². The van der Waals surface area contributed by atoms with E-state index in [-0.39, 0.29) is 18.1 Å². The van der Waals surface area contributed by atoms with Gasteiger partial charge in [-0.15, -0.1) is 0 Å². The molecule has 1 amide bonds. The van der Waals surface area contributed by atoms with Crippen molar-refractivity contribution in [3.8, 4) is 11.5 Å². The number of pyridine rings is 1. The van der Waals surface area contributed by atoms with Crippen molar-refractivity contribution in [1.29, 1.82) is 0 Å². The average molecular weight is 366 g/mol. The van der Waals surface area contributed by atoms with Crippen LogP contribution in [-0.4, -0.2) is 31.2 Å². The van der Waals surface area contributed by atoms with Gasteiger partial charge < -0.3 is 19.8 Å². The Morgan fingerprint density at radius 3 is 2.67 bits per heavy atom. The Hall–Kier alpha value is -3.28. The first-order chi connectivity index (χ1) is 13.1. The van der Waals surface area contributed by atoms with E-state index in [1.165, 1.54) is 0 Å². The zero-order valence-corrected chi connectivity index (χ0v) is 15.4. The number of hydrogen-bond donors (Lipinski definition) is 2. The fourth-order valence-electron chi connectivity index (χ4n) is 2.86. The lowest BCUT2D eigenvalue weighted by atomic mass is 10.1. The zero-order chi connectivity index (χ0) is 19.2. The van der Waals surface area contributed by atoms with E-state index in [0.717, 1.165) is 10.9 Å². The van der Waals surface area contributed by atoms with E-state index in [2.05, 4.69) is 10.3 Å². The third kappa shape index (κ3) is 4.47. The van der Waals surface area contributed by atoms with Crippen molar-refractivity contribution >= 4 is 16.8 Å². The molecule has 0 spiro atoms. The van der Waals surface area contributed by atoms with E-state index in [0.29, 0.717) is 35.5 Å². The number of aromatic amines is 1. The Bertz CT molecular complexity index is 996. The minimum Gasteiger partial charge on any atom is -0.495 e. The molecule has 1 heterocycles. The lowest BCUT2D eigenvalue weighted by Crippen LogP contribution is -2.31. The first kappa shape index (κ1) is 18.5. The molecule has 0 saturated carbocycles. The average Bonchev–Trinajstić information content (AvgIpc) is 2.68. The topological polar surface area (TPSA) is 80.4 Å². The maximum absolute atomic E-state index is 12.4. The Morgan fingerprint density at radius 2 is 1.93 bits per heavy atom. The van der Waals surface area contributed by atoms with Gasteiger partial charge in [-0.3, -0.25) is 9.59 Å². The number of carbonyl (C=O) groups excluding carboxylic acids is 1. The molecule has 0 fully saturated rings. The number of aromatic nitrogens is 1. The molecule has 0 bridgehead atoms. The minimum atomic E-state index is -0.228. The second-order valence-corrected chi connectivity index (χ2v) is 6.20. The van der Waals surface area contributed by atoms with Gasteiger partial charge in [-0.05, 0) is 43.2 Å². The third-order valence-electron chi connectivity index (χ3n) is 4.32. The molecule has 0 aliphatic heterocycles. The molecule has 0 aliphatic rings. The number of H-pyrrole nitrogens is 1. The van der Waals surface area contributed by atoms with Gasteiger partial charge >= 0.3 is 0 Å². The van der Waals surface area contributed by atoms with Crippen molar-refractivity contribution in [2.45, 2.75) is 13.3 Å². The number of carbonyl (C=O) groups is 1. The summed E-state index contributed by atoms with van der Waals surface area (Å²) in [6.45, 7) is 2.27. The molecule has 3 aromatic rings. The summed E-state index contributed by atoms with van der Waals surface area (Å²) in [7, 11) is 1.57. The number of benzene rings is 2. The lowest BCUT2D eigenvalue weighted by Gasteiger charge is -2.10. The van der Waals surface area contributed by atoms with Gasteiger partial charge in [0.05, 0.1) is 12.6 Å². The van der Waals surface area contributed by atoms with Crippen LogP contribution >= 0.6 is 0 Å². The Morgan fingerprint density at radius 1 is 1.15 bits per heavy atom. The van der Waals surface area contributed by atoms with Crippen LogP contribution in [0, 0.1) is 6.92 Å². The molecule has 0 saturated heterocycles. The van der Waals surface area contributed by atoms with Crippen molar-refractivity contribution in [2.24, 2.45) is 0 Å². The highest BCUT2D eigenvalue weighted by atomic mass is 16.5. The van der Waals surface area contributed by atoms with Gasteiger partial charge in [0, 0.05) is 17.5 Å². The molecular weight excluding hydrogens is 344 g/mol. The second kappa shape index (κ2) is 8.40. The summed E-state index contributed by atoms with van der Waals surface area (Å²) >= 11 is 0. The maximum Gasteiger partial charge on any atom is 0.257 e. The predicted octanol–water partition coefficient (Wildman–Crippen LogP) is 2.58. The van der Waals surface area contributed by atoms with E-state index in [1.807, 2.05) is 43.3 Å². The van der Waals surface area contributed by atoms with Crippen LogP contribution in [0.15, 0.2) is 53.3 Å². The monoisotopic (exact) mass is 366 g/mol. The van der Waals surface area contributed by atoms with Gasteiger partial charge in [-0.25, -0.2) is 0 Å². The van der Waals surface area contributed by atoms with Crippen LogP contribution in [0.5, 0.6) is 11.5 Å². The Balaban J connectivity index is 1.61. The standard InChI is InChI=1S/C21H22N2O4/c1-14-8-9-18(26-2)20-17(14)12-15(21(25)23-20)10-11-22-19(24)13-27-16-6-4-3-5-7-16/h3-9,12H,10-11,13H2,1-2H3,(H,22,24)(H,23,25). The number of hydrogen-bond acceptors (Lipinski definition) is 4. The SMILES string of the molecule is COc1ccc(C)c2cc(CCNC(=O)COc3ccccc3)c(=O)[nH]c12. The summed E-state index contributed by atoms with van der Waals surface area (Å²) in [5.74, 6) is 1.04. The smallest absolute Gasteiger partial charge is 0.257 e. The van der Waals surface area contributed by atoms with Crippen molar-refractivity contribution < 1.29 is 14.3 Å². The molecular formula is C21H22N2O4. The first-order valence-electron chi connectivity index (χ1n) is 8.72. The number of para-hydroxylation sites is 1. The van der Waals surface area contributed by atoms with E-state index in [9.17, 15) is 9.59 Å². The first-order valence-corrected chi connectivity index (χ1v) is 8.72. The molecule has 1 aromatic heterocycles. The van der Waals surface area contributed by atoms with Gasteiger partial charge in [-0.1, -0.05) is 24.3 Å². The predicted molar refractivity (Wildman–Crippen MR) is 105 cm³/mol. The van der Waals surface area contributed by atoms with Crippen molar-refractivity contribution in [2.75, 3.05) is 20.3 Å². The highest BCUT2D eigenvalue weighted by Gasteiger charge is 2.10. The molecule has 2 N–H and O–H groups in total. The highest BCUT2D eigenvalue weighted by Crippen LogP contribution is 2.25. The highest BCUT2D eigenvalue weighted by molar-refractivity contribution is 5.87. The van der Waals surface area contributed by atoms with E-state index in [1.54, 1.807) is 19.2 Å². The van der Waals surface area contributed by atoms with Gasteiger partial charge in [0.1, 0.15) is 11.5 Å². The van der Waals surface area contributed by atoms with Crippen LogP contribution in [0.2, 0.25) is 0 Å². The van der Waals surface area contributed by atoms with E-state index >= 15 is 0 Å². The molecule has 2 aromatic carbocycles. The number of methoxy groups -OCH3 is 1. The molecule has 0 aliphatic carbocycles. The third-order valence-corrected chi connectivity index (χ3v) is 4.32. The number of nitrogens with one attached hydrogen (secondary N) is 2. The number of aryl methyl sites for hydroxylation is 1. The second-order valence-electron chi connectivity index (χ2n) is 6.20. The summed E-state index contributed by atoms with van der Waals surface area (Å²) in [5, 5.41) is 3.71. The number of rotatable bonds is 7. The number of fused-ring (bicyclic) bond motifs is 1. The quantitative estimate of drug-likeness (QED) is 0.673. The summed E-state index contributed by atoms with van der Waals surface area (Å²) in [6, 6.07) is 14.8. The van der Waals surface area contributed by atoms with Gasteiger partial charge in [0.25, 0.3) is 11.5 Å². The van der Waals surface area contributed by atoms with Gasteiger partial charge in [0.2, 0.25) is 0 Å². The van der Waals surface area contributed by atoms with Crippen LogP contribution in [0.25, 0.3) is 10.9 Å². The number of ether oxygens (including phenoxy) is 2. The molecule has 6 heteroatoms. The molecule has 0 radical (unpaired) electrons. The maximum atomic E-state index is 12.4. The summed E-state index contributed by atoms with van der Waals surface area (Å²) in [5.41, 5.74) is 2.17. The van der Waals surface area contributed by atoms with Crippen LogP contribution in [0.4, 0.5) is 0 Å². The molecule has 27 heavy (non-hydrogen) atoms. The molecule has 0 atom stereocenters. The van der Waals surface area contributed by atoms with Crippen molar-refractivity contribution in [3.05, 3.63) is 70.0 Å². The molecule has 6 nitrogen and oxygen atoms in total. The lowest BCUT2D eigenvalue weighted by molar-refractivity contribution is -0.123. The molecule has 140 valence electrons. The van der Waals surface area contributed by atoms with Crippen LogP contribution in [-0.2, 0) is 11.2 Å². The fraction of sp³-hybridized carbons (Fsp3) is 0.238. The number of amides is 1. The molecule has 3 rings (SSSR count). The summed E-state index contributed by atoms with van der Waals surface area (Å²) < 4.78 is 10.7. The van der Waals surface area contributed by atoms with Crippen molar-refractivity contribution in [3.63, 3.8) is 0 Å². The summed E-state index contributed by atoms with van der Waals surface area (Å²) in [4.78, 5) is 27.1. The Labute approximate surface area is 157 Å². The largest absolute Gasteiger partial charge is 0.495 e. The fourth-order valence-corrected chi connectivity index (χ4v) is 2.86. The normalized spacial score (nSPS) is 10.6. The zero-order valence-electron chi connectivity index (χ0n) is 15.4. The van der Waals surface area contributed by atoms with Crippen LogP contribution in [0.1, 0.15) is 11.1 Å². The van der Waals surface area contributed by atoms with Crippen LogP contribution < -0.4 is 20.3 Å². The van der Waals surface area contributed by atoms with Gasteiger partial charge in [-0.2, -0.15) is 0 Å². The minimum absolute atomic E-state index is 0.0611. The molecule has 0 unspecified atom stereocenters. The Kier molecular flexibility index (Phi) is 5.76. The summed E-state index contributed by atoms with van der Waals surface area (Å²) in [6.07, 6.45) is 0.430. The van der Waals surface area contributed by atoms with E-state index in [4.69, 9.17) is 9.47 Å². The van der Waals surface area contributed by atoms with E-state index < -0.39 is 0 Å². The van der Waals surface area contributed by atoms with Gasteiger partial charge in [0.15, 0.2) is 6.61 Å². The van der Waals surface area contributed by atoms with Crippen LogP contribution in [0.3, 0.4) is 0 Å².